The van der Waals surface area contributed by atoms with Crippen LogP contribution in [0.25, 0.3) is 0 Å². The van der Waals surface area contributed by atoms with Crippen LogP contribution in [0.3, 0.4) is 0 Å². The quantitative estimate of drug-likeness (QED) is 0.816. The molecule has 6 nitrogen and oxygen atoms in total. The molecule has 7 heteroatoms. The summed E-state index contributed by atoms with van der Waals surface area (Å²) in [6.45, 7) is 4.48. The minimum absolute atomic E-state index is 0.0258. The van der Waals surface area contributed by atoms with Crippen LogP contribution in [0.4, 0.5) is 16.0 Å². The number of nitrogens with zero attached hydrogens (tertiary/aromatic N) is 5. The molecule has 2 fully saturated rings. The number of aromatic nitrogens is 2. The number of para-hydroxylation sites is 1. The maximum Gasteiger partial charge on any atom is 0.256 e. The topological polar surface area (TPSA) is 52.6 Å². The molecule has 0 bridgehead atoms. The lowest BCUT2D eigenvalue weighted by atomic mass is 10.2. The van der Waals surface area contributed by atoms with E-state index in [1.165, 1.54) is 18.9 Å². The third-order valence-corrected chi connectivity index (χ3v) is 5.53. The monoisotopic (exact) mass is 383 g/mol. The van der Waals surface area contributed by atoms with Crippen molar-refractivity contribution < 1.29 is 9.18 Å². The molecule has 0 saturated carbocycles. The number of anilines is 2. The van der Waals surface area contributed by atoms with E-state index in [0.717, 1.165) is 25.9 Å². The van der Waals surface area contributed by atoms with Gasteiger partial charge in [0.15, 0.2) is 0 Å². The fraction of sp³-hybridized carbons (Fsp3) is 0.476. The molecule has 28 heavy (non-hydrogen) atoms. The number of halogens is 1. The fourth-order valence-electron chi connectivity index (χ4n) is 3.91. The van der Waals surface area contributed by atoms with Crippen LogP contribution in [-0.4, -0.2) is 60.0 Å². The molecule has 0 N–H and O–H groups in total. The normalized spacial score (nSPS) is 18.1. The van der Waals surface area contributed by atoms with Gasteiger partial charge >= 0.3 is 0 Å². The summed E-state index contributed by atoms with van der Waals surface area (Å²) >= 11 is 0. The Balaban J connectivity index is 1.37. The summed E-state index contributed by atoms with van der Waals surface area (Å²) < 4.78 is 14.0. The Kier molecular flexibility index (Phi) is 5.69. The molecule has 1 aromatic carbocycles. The summed E-state index contributed by atoms with van der Waals surface area (Å²) in [7, 11) is 0. The van der Waals surface area contributed by atoms with Crippen molar-refractivity contribution in [3.63, 3.8) is 0 Å². The molecule has 0 radical (unpaired) electrons. The molecule has 2 aliphatic rings. The number of rotatable bonds is 3. The van der Waals surface area contributed by atoms with Gasteiger partial charge in [0.05, 0.1) is 11.3 Å². The Labute approximate surface area is 165 Å². The molecule has 0 unspecified atom stereocenters. The Bertz CT molecular complexity index is 797. The fourth-order valence-corrected chi connectivity index (χ4v) is 3.91. The van der Waals surface area contributed by atoms with Crippen molar-refractivity contribution in [2.75, 3.05) is 49.1 Å². The molecule has 2 aliphatic heterocycles. The van der Waals surface area contributed by atoms with E-state index < -0.39 is 0 Å². The molecule has 1 aromatic heterocycles. The minimum atomic E-state index is -0.191. The average molecular weight is 383 g/mol. The van der Waals surface area contributed by atoms with Crippen molar-refractivity contribution >= 4 is 17.5 Å². The molecule has 0 spiro atoms. The zero-order chi connectivity index (χ0) is 19.3. The lowest BCUT2D eigenvalue weighted by molar-refractivity contribution is 0.0761. The molecular formula is C21H26FN5O. The average Bonchev–Trinajstić information content (AvgIpc) is 3.04. The van der Waals surface area contributed by atoms with Crippen molar-refractivity contribution in [3.8, 4) is 0 Å². The standard InChI is InChI=1S/C21H26FN5O/c22-18-7-3-4-8-19(18)25-11-13-27(14-12-25)21-23-15-17(16-24-21)20(28)26-9-5-1-2-6-10-26/h3-4,7-8,15-16H,1-2,5-6,9-14H2. The summed E-state index contributed by atoms with van der Waals surface area (Å²) in [6, 6.07) is 6.86. The highest BCUT2D eigenvalue weighted by molar-refractivity contribution is 5.93. The predicted octanol–water partition coefficient (Wildman–Crippen LogP) is 2.96. The lowest BCUT2D eigenvalue weighted by Crippen LogP contribution is -2.47. The first kappa shape index (κ1) is 18.7. The number of hydrogen-bond acceptors (Lipinski definition) is 5. The molecule has 1 amide bonds. The van der Waals surface area contributed by atoms with Crippen molar-refractivity contribution in [1.29, 1.82) is 0 Å². The van der Waals surface area contributed by atoms with Crippen molar-refractivity contribution in [3.05, 3.63) is 48.0 Å². The van der Waals surface area contributed by atoms with Crippen LogP contribution in [0, 0.1) is 5.82 Å². The first-order valence-electron chi connectivity index (χ1n) is 10.1. The second-order valence-electron chi connectivity index (χ2n) is 7.40. The third kappa shape index (κ3) is 4.08. The predicted molar refractivity (Wildman–Crippen MR) is 107 cm³/mol. The van der Waals surface area contributed by atoms with E-state index in [-0.39, 0.29) is 11.7 Å². The molecular weight excluding hydrogens is 357 g/mol. The molecule has 4 rings (SSSR count). The summed E-state index contributed by atoms with van der Waals surface area (Å²) in [4.78, 5) is 27.6. The summed E-state index contributed by atoms with van der Waals surface area (Å²) in [6.07, 6.45) is 7.79. The number of amides is 1. The van der Waals surface area contributed by atoms with Gasteiger partial charge in [-0.05, 0) is 25.0 Å². The van der Waals surface area contributed by atoms with Crippen molar-refractivity contribution in [2.24, 2.45) is 0 Å². The van der Waals surface area contributed by atoms with Crippen LogP contribution in [0.5, 0.6) is 0 Å². The van der Waals surface area contributed by atoms with Gasteiger partial charge in [0.2, 0.25) is 5.95 Å². The van der Waals surface area contributed by atoms with Gasteiger partial charge in [0, 0.05) is 51.7 Å². The van der Waals surface area contributed by atoms with Crippen LogP contribution >= 0.6 is 0 Å². The Morgan fingerprint density at radius 1 is 0.821 bits per heavy atom. The van der Waals surface area contributed by atoms with Gasteiger partial charge in [-0.2, -0.15) is 0 Å². The van der Waals surface area contributed by atoms with Crippen molar-refractivity contribution in [2.45, 2.75) is 25.7 Å². The zero-order valence-corrected chi connectivity index (χ0v) is 16.1. The minimum Gasteiger partial charge on any atom is -0.366 e. The second kappa shape index (κ2) is 8.54. The Hall–Kier alpha value is -2.70. The number of carbonyl (C=O) groups excluding carboxylic acids is 1. The van der Waals surface area contributed by atoms with Gasteiger partial charge < -0.3 is 14.7 Å². The number of piperazine rings is 1. The van der Waals surface area contributed by atoms with Gasteiger partial charge in [0.1, 0.15) is 5.82 Å². The number of carbonyl (C=O) groups is 1. The smallest absolute Gasteiger partial charge is 0.256 e. The van der Waals surface area contributed by atoms with E-state index in [1.54, 1.807) is 18.5 Å². The van der Waals surface area contributed by atoms with E-state index in [1.807, 2.05) is 21.9 Å². The number of benzene rings is 1. The van der Waals surface area contributed by atoms with Gasteiger partial charge in [-0.3, -0.25) is 4.79 Å². The third-order valence-electron chi connectivity index (χ3n) is 5.53. The largest absolute Gasteiger partial charge is 0.366 e. The van der Waals surface area contributed by atoms with E-state index in [9.17, 15) is 9.18 Å². The SMILES string of the molecule is O=C(c1cnc(N2CCN(c3ccccc3F)CC2)nc1)N1CCCCCC1. The molecule has 3 heterocycles. The number of likely N-dealkylation sites (tertiary alicyclic amines) is 1. The van der Waals surface area contributed by atoms with Gasteiger partial charge in [-0.1, -0.05) is 25.0 Å². The first-order chi connectivity index (χ1) is 13.7. The summed E-state index contributed by atoms with van der Waals surface area (Å²) in [5.41, 5.74) is 1.19. The highest BCUT2D eigenvalue weighted by Crippen LogP contribution is 2.21. The van der Waals surface area contributed by atoms with Crippen LogP contribution in [0.1, 0.15) is 36.0 Å². The molecule has 0 atom stereocenters. The van der Waals surface area contributed by atoms with Gasteiger partial charge in [-0.25, -0.2) is 14.4 Å². The molecule has 2 saturated heterocycles. The van der Waals surface area contributed by atoms with Crippen molar-refractivity contribution in [1.82, 2.24) is 14.9 Å². The zero-order valence-electron chi connectivity index (χ0n) is 16.1. The summed E-state index contributed by atoms with van der Waals surface area (Å²) in [5, 5.41) is 0. The highest BCUT2D eigenvalue weighted by Gasteiger charge is 2.22. The van der Waals surface area contributed by atoms with Gasteiger partial charge in [-0.15, -0.1) is 0 Å². The Morgan fingerprint density at radius 2 is 1.43 bits per heavy atom. The molecule has 148 valence electrons. The van der Waals surface area contributed by atoms with E-state index in [2.05, 4.69) is 14.9 Å². The van der Waals surface area contributed by atoms with Crippen LogP contribution in [0.2, 0.25) is 0 Å². The van der Waals surface area contributed by atoms with Gasteiger partial charge in [0.25, 0.3) is 5.91 Å². The first-order valence-corrected chi connectivity index (χ1v) is 10.1. The van der Waals surface area contributed by atoms with E-state index in [4.69, 9.17) is 0 Å². The maximum atomic E-state index is 14.0. The molecule has 0 aliphatic carbocycles. The molecule has 2 aromatic rings. The van der Waals surface area contributed by atoms with E-state index >= 15 is 0 Å². The van der Waals surface area contributed by atoms with Crippen LogP contribution in [0.15, 0.2) is 36.7 Å². The van der Waals surface area contributed by atoms with Crippen LogP contribution < -0.4 is 9.80 Å². The Morgan fingerprint density at radius 3 is 2.07 bits per heavy atom. The van der Waals surface area contributed by atoms with Crippen LogP contribution in [-0.2, 0) is 0 Å². The summed E-state index contributed by atoms with van der Waals surface area (Å²) in [5.74, 6) is 0.460. The maximum absolute atomic E-state index is 14.0. The highest BCUT2D eigenvalue weighted by atomic mass is 19.1. The lowest BCUT2D eigenvalue weighted by Gasteiger charge is -2.36. The number of hydrogen-bond donors (Lipinski definition) is 0. The van der Waals surface area contributed by atoms with E-state index in [0.29, 0.717) is 43.4 Å². The second-order valence-corrected chi connectivity index (χ2v) is 7.40.